The number of hydrogen-bond donors (Lipinski definition) is 2. The molecule has 1 saturated heterocycles. The fourth-order valence-electron chi connectivity index (χ4n) is 2.50. The molecule has 1 unspecified atom stereocenters. The van der Waals surface area contributed by atoms with Crippen LogP contribution < -0.4 is 0 Å². The van der Waals surface area contributed by atoms with E-state index in [2.05, 4.69) is 6.58 Å². The Morgan fingerprint density at radius 3 is 2.85 bits per heavy atom. The molecule has 1 atom stereocenters. The second kappa shape index (κ2) is 6.28. The Morgan fingerprint density at radius 2 is 2.15 bits per heavy atom. The van der Waals surface area contributed by atoms with Crippen molar-refractivity contribution >= 4 is 5.91 Å². The molecule has 4 nitrogen and oxygen atoms in total. The van der Waals surface area contributed by atoms with Crippen molar-refractivity contribution in [2.45, 2.75) is 18.8 Å². The van der Waals surface area contributed by atoms with E-state index >= 15 is 0 Å². The molecule has 1 aromatic carbocycles. The Kier molecular flexibility index (Phi) is 4.45. The van der Waals surface area contributed by atoms with Crippen molar-refractivity contribution < 1.29 is 15.0 Å². The van der Waals surface area contributed by atoms with Gasteiger partial charge in [0.2, 0.25) is 5.91 Å². The van der Waals surface area contributed by atoms with Gasteiger partial charge in [0, 0.05) is 25.1 Å². The first-order valence-electron chi connectivity index (χ1n) is 6.71. The van der Waals surface area contributed by atoms with E-state index in [1.807, 2.05) is 0 Å². The van der Waals surface area contributed by atoms with Crippen LogP contribution in [-0.2, 0) is 4.79 Å². The predicted octanol–water partition coefficient (Wildman–Crippen LogP) is 2.55. The topological polar surface area (TPSA) is 60.8 Å². The van der Waals surface area contributed by atoms with Gasteiger partial charge in [0.15, 0.2) is 11.5 Å². The molecule has 0 radical (unpaired) electrons. The van der Waals surface area contributed by atoms with Crippen LogP contribution in [0.5, 0.6) is 11.5 Å². The zero-order chi connectivity index (χ0) is 14.5. The van der Waals surface area contributed by atoms with Crippen LogP contribution in [0.3, 0.4) is 0 Å². The highest BCUT2D eigenvalue weighted by atomic mass is 16.3. The number of phenols is 2. The summed E-state index contributed by atoms with van der Waals surface area (Å²) in [5, 5.41) is 18.9. The molecule has 1 aliphatic rings. The zero-order valence-electron chi connectivity index (χ0n) is 11.3. The largest absolute Gasteiger partial charge is 0.504 e. The quantitative estimate of drug-likeness (QED) is 0.505. The number of piperidine rings is 1. The normalized spacial score (nSPS) is 19.2. The first-order chi connectivity index (χ1) is 9.61. The highest BCUT2D eigenvalue weighted by Crippen LogP contribution is 2.32. The van der Waals surface area contributed by atoms with Gasteiger partial charge in [0.1, 0.15) is 0 Å². The summed E-state index contributed by atoms with van der Waals surface area (Å²) < 4.78 is 0. The Bertz CT molecular complexity index is 537. The van der Waals surface area contributed by atoms with Gasteiger partial charge >= 0.3 is 0 Å². The minimum absolute atomic E-state index is 0.0161. The molecule has 0 aliphatic carbocycles. The smallest absolute Gasteiger partial charge is 0.246 e. The molecule has 106 valence electrons. The van der Waals surface area contributed by atoms with Crippen molar-refractivity contribution in [1.29, 1.82) is 0 Å². The molecule has 1 fully saturated rings. The molecule has 2 N–H and O–H groups in total. The van der Waals surface area contributed by atoms with E-state index in [4.69, 9.17) is 0 Å². The second-order valence-electron chi connectivity index (χ2n) is 4.97. The van der Waals surface area contributed by atoms with Gasteiger partial charge in [-0.1, -0.05) is 24.8 Å². The number of hydrogen-bond acceptors (Lipinski definition) is 3. The molecule has 0 aromatic heterocycles. The highest BCUT2D eigenvalue weighted by Gasteiger charge is 2.24. The Morgan fingerprint density at radius 1 is 1.35 bits per heavy atom. The predicted molar refractivity (Wildman–Crippen MR) is 77.7 cm³/mol. The minimum Gasteiger partial charge on any atom is -0.504 e. The van der Waals surface area contributed by atoms with E-state index in [1.165, 1.54) is 12.1 Å². The van der Waals surface area contributed by atoms with Crippen LogP contribution in [0.4, 0.5) is 0 Å². The summed E-state index contributed by atoms with van der Waals surface area (Å²) in [6.07, 6.45) is 6.64. The van der Waals surface area contributed by atoms with Gasteiger partial charge in [-0.15, -0.1) is 0 Å². The number of phenolic OH excluding ortho intramolecular Hbond substituents is 2. The zero-order valence-corrected chi connectivity index (χ0v) is 11.3. The summed E-state index contributed by atoms with van der Waals surface area (Å²) in [6.45, 7) is 4.93. The average molecular weight is 273 g/mol. The maximum atomic E-state index is 12.0. The molecule has 1 aromatic rings. The number of aromatic hydroxyl groups is 2. The average Bonchev–Trinajstić information content (AvgIpc) is 2.47. The van der Waals surface area contributed by atoms with E-state index in [0.29, 0.717) is 6.54 Å². The maximum Gasteiger partial charge on any atom is 0.246 e. The van der Waals surface area contributed by atoms with E-state index in [0.717, 1.165) is 24.9 Å². The molecule has 0 saturated carbocycles. The van der Waals surface area contributed by atoms with Crippen LogP contribution in [0.15, 0.2) is 43.0 Å². The van der Waals surface area contributed by atoms with Crippen LogP contribution in [0.2, 0.25) is 0 Å². The molecule has 0 bridgehead atoms. The van der Waals surface area contributed by atoms with Crippen molar-refractivity contribution in [3.8, 4) is 11.5 Å². The van der Waals surface area contributed by atoms with Crippen LogP contribution in [-0.4, -0.2) is 34.1 Å². The number of carbonyl (C=O) groups is 1. The van der Waals surface area contributed by atoms with E-state index in [1.54, 1.807) is 29.2 Å². The summed E-state index contributed by atoms with van der Waals surface area (Å²) in [7, 11) is 0. The summed E-state index contributed by atoms with van der Waals surface area (Å²) in [6, 6.07) is 4.86. The molecule has 1 amide bonds. The van der Waals surface area contributed by atoms with Crippen LogP contribution >= 0.6 is 0 Å². The highest BCUT2D eigenvalue weighted by molar-refractivity contribution is 5.88. The standard InChI is InChI=1S/C16H19NO3/c1-2-3-6-16(20)17-9-4-5-13(11-17)12-7-8-14(18)15(19)10-12/h2-3,6-8,10,13,18-19H,1,4-5,9,11H2. The van der Waals surface area contributed by atoms with Crippen molar-refractivity contribution in [3.63, 3.8) is 0 Å². The number of carbonyl (C=O) groups excluding carboxylic acids is 1. The fourth-order valence-corrected chi connectivity index (χ4v) is 2.50. The van der Waals surface area contributed by atoms with Crippen molar-refractivity contribution in [3.05, 3.63) is 48.6 Å². The Hall–Kier alpha value is -2.23. The van der Waals surface area contributed by atoms with Crippen LogP contribution in [0.25, 0.3) is 0 Å². The van der Waals surface area contributed by atoms with E-state index in [9.17, 15) is 15.0 Å². The summed E-state index contributed by atoms with van der Waals surface area (Å²) >= 11 is 0. The van der Waals surface area contributed by atoms with Gasteiger partial charge in [-0.25, -0.2) is 0 Å². The molecular formula is C16H19NO3. The first kappa shape index (κ1) is 14.2. The third kappa shape index (κ3) is 3.20. The number of allylic oxidation sites excluding steroid dienone is 2. The number of likely N-dealkylation sites (tertiary alicyclic amines) is 1. The van der Waals surface area contributed by atoms with Gasteiger partial charge in [-0.2, -0.15) is 0 Å². The summed E-state index contributed by atoms with van der Waals surface area (Å²) in [5.74, 6) is -0.0576. The third-order valence-electron chi connectivity index (χ3n) is 3.58. The van der Waals surface area contributed by atoms with Gasteiger partial charge in [0.05, 0.1) is 0 Å². The number of nitrogens with zero attached hydrogens (tertiary/aromatic N) is 1. The number of benzene rings is 1. The minimum atomic E-state index is -0.119. The second-order valence-corrected chi connectivity index (χ2v) is 4.97. The number of amides is 1. The Balaban J connectivity index is 2.10. The molecular weight excluding hydrogens is 254 g/mol. The first-order valence-corrected chi connectivity index (χ1v) is 6.71. The number of rotatable bonds is 3. The lowest BCUT2D eigenvalue weighted by Crippen LogP contribution is -2.38. The lowest BCUT2D eigenvalue weighted by Gasteiger charge is -2.32. The third-order valence-corrected chi connectivity index (χ3v) is 3.58. The summed E-state index contributed by atoms with van der Waals surface area (Å²) in [5.41, 5.74) is 0.950. The lowest BCUT2D eigenvalue weighted by atomic mass is 9.90. The van der Waals surface area contributed by atoms with Crippen molar-refractivity contribution in [1.82, 2.24) is 4.90 Å². The molecule has 2 rings (SSSR count). The van der Waals surface area contributed by atoms with E-state index < -0.39 is 0 Å². The summed E-state index contributed by atoms with van der Waals surface area (Å²) in [4.78, 5) is 13.8. The van der Waals surface area contributed by atoms with Crippen molar-refractivity contribution in [2.75, 3.05) is 13.1 Å². The maximum absolute atomic E-state index is 12.0. The Labute approximate surface area is 118 Å². The molecule has 1 heterocycles. The van der Waals surface area contributed by atoms with Gasteiger partial charge < -0.3 is 15.1 Å². The molecule has 1 aliphatic heterocycles. The van der Waals surface area contributed by atoms with Gasteiger partial charge in [0.25, 0.3) is 0 Å². The molecule has 20 heavy (non-hydrogen) atoms. The molecule has 4 heteroatoms. The molecule has 0 spiro atoms. The SMILES string of the molecule is C=CC=CC(=O)N1CCCC(c2ccc(O)c(O)c2)C1. The van der Waals surface area contributed by atoms with Crippen LogP contribution in [0.1, 0.15) is 24.3 Å². The lowest BCUT2D eigenvalue weighted by molar-refractivity contribution is -0.127. The van der Waals surface area contributed by atoms with Crippen LogP contribution in [0, 0.1) is 0 Å². The fraction of sp³-hybridized carbons (Fsp3) is 0.312. The van der Waals surface area contributed by atoms with Crippen molar-refractivity contribution in [2.24, 2.45) is 0 Å². The van der Waals surface area contributed by atoms with E-state index in [-0.39, 0.29) is 23.3 Å². The van der Waals surface area contributed by atoms with Gasteiger partial charge in [-0.05, 0) is 30.5 Å². The monoisotopic (exact) mass is 273 g/mol. The van der Waals surface area contributed by atoms with Gasteiger partial charge in [-0.3, -0.25) is 4.79 Å².